The van der Waals surface area contributed by atoms with E-state index < -0.39 is 10.7 Å². The van der Waals surface area contributed by atoms with Crippen molar-refractivity contribution in [2.45, 2.75) is 13.8 Å². The molecular formula is C13H13FN4O2. The topological polar surface area (TPSA) is 81.0 Å². The summed E-state index contributed by atoms with van der Waals surface area (Å²) in [6.07, 6.45) is 1.09. The summed E-state index contributed by atoms with van der Waals surface area (Å²) in [5, 5.41) is 13.9. The molecular weight excluding hydrogens is 263 g/mol. The molecule has 1 aromatic carbocycles. The monoisotopic (exact) mass is 276 g/mol. The van der Waals surface area contributed by atoms with Crippen LogP contribution in [0.3, 0.4) is 0 Å². The van der Waals surface area contributed by atoms with E-state index in [9.17, 15) is 14.5 Å². The van der Waals surface area contributed by atoms with Gasteiger partial charge in [0.25, 0.3) is 0 Å². The zero-order chi connectivity index (χ0) is 14.7. The van der Waals surface area contributed by atoms with Crippen LogP contribution < -0.4 is 5.32 Å². The fraction of sp³-hybridized carbons (Fsp3) is 0.231. The Morgan fingerprint density at radius 3 is 2.85 bits per heavy atom. The van der Waals surface area contributed by atoms with Crippen LogP contribution in [0.2, 0.25) is 0 Å². The van der Waals surface area contributed by atoms with Crippen molar-refractivity contribution in [3.8, 4) is 11.3 Å². The number of hydrogen-bond acceptors (Lipinski definition) is 5. The maximum absolute atomic E-state index is 13.9. The molecule has 7 heteroatoms. The van der Waals surface area contributed by atoms with E-state index >= 15 is 0 Å². The Morgan fingerprint density at radius 1 is 1.45 bits per heavy atom. The zero-order valence-corrected chi connectivity index (χ0v) is 11.1. The van der Waals surface area contributed by atoms with E-state index in [4.69, 9.17) is 0 Å². The van der Waals surface area contributed by atoms with Gasteiger partial charge in [0.05, 0.1) is 4.92 Å². The first-order valence-electron chi connectivity index (χ1n) is 6.04. The van der Waals surface area contributed by atoms with Crippen molar-refractivity contribution in [2.24, 2.45) is 0 Å². The lowest BCUT2D eigenvalue weighted by Crippen LogP contribution is -2.05. The molecule has 0 unspecified atom stereocenters. The number of aromatic nitrogens is 2. The van der Waals surface area contributed by atoms with Crippen LogP contribution in [0.15, 0.2) is 24.4 Å². The predicted molar refractivity (Wildman–Crippen MR) is 73.0 cm³/mol. The third kappa shape index (κ3) is 2.71. The van der Waals surface area contributed by atoms with E-state index in [-0.39, 0.29) is 22.9 Å². The van der Waals surface area contributed by atoms with E-state index in [1.165, 1.54) is 12.1 Å². The molecule has 0 aliphatic heterocycles. The quantitative estimate of drug-likeness (QED) is 0.686. The number of hydrogen-bond donors (Lipinski definition) is 1. The molecule has 0 atom stereocenters. The molecule has 0 aliphatic carbocycles. The average molecular weight is 276 g/mol. The van der Waals surface area contributed by atoms with Gasteiger partial charge in [-0.15, -0.1) is 0 Å². The second-order valence-electron chi connectivity index (χ2n) is 4.20. The Bertz CT molecular complexity index is 661. The van der Waals surface area contributed by atoms with Gasteiger partial charge in [-0.05, 0) is 26.0 Å². The van der Waals surface area contributed by atoms with Crippen LogP contribution in [-0.2, 0) is 0 Å². The van der Waals surface area contributed by atoms with Gasteiger partial charge in [0, 0.05) is 12.1 Å². The van der Waals surface area contributed by atoms with Crippen molar-refractivity contribution < 1.29 is 9.31 Å². The highest BCUT2D eigenvalue weighted by Gasteiger charge is 2.21. The van der Waals surface area contributed by atoms with Crippen LogP contribution in [0.1, 0.15) is 12.5 Å². The third-order valence-electron chi connectivity index (χ3n) is 2.68. The van der Waals surface area contributed by atoms with Crippen molar-refractivity contribution >= 4 is 11.6 Å². The molecule has 0 fully saturated rings. The van der Waals surface area contributed by atoms with Gasteiger partial charge in [-0.2, -0.15) is 0 Å². The summed E-state index contributed by atoms with van der Waals surface area (Å²) >= 11 is 0. The maximum Gasteiger partial charge on any atom is 0.313 e. The predicted octanol–water partition coefficient (Wildman–Crippen LogP) is 2.93. The van der Waals surface area contributed by atoms with Crippen molar-refractivity contribution in [1.82, 2.24) is 9.97 Å². The Kier molecular flexibility index (Phi) is 3.88. The summed E-state index contributed by atoms with van der Waals surface area (Å²) in [4.78, 5) is 18.3. The molecule has 0 bridgehead atoms. The van der Waals surface area contributed by atoms with Gasteiger partial charge >= 0.3 is 5.69 Å². The number of halogens is 1. The summed E-state index contributed by atoms with van der Waals surface area (Å²) in [5.41, 5.74) is 0.538. The van der Waals surface area contributed by atoms with Crippen LogP contribution in [0, 0.1) is 22.9 Å². The lowest BCUT2D eigenvalue weighted by atomic mass is 10.1. The smallest absolute Gasteiger partial charge is 0.313 e. The zero-order valence-electron chi connectivity index (χ0n) is 11.1. The molecule has 1 N–H and O–H groups in total. The highest BCUT2D eigenvalue weighted by atomic mass is 19.1. The van der Waals surface area contributed by atoms with E-state index in [0.29, 0.717) is 6.54 Å². The number of nitro groups is 1. The highest BCUT2D eigenvalue weighted by molar-refractivity contribution is 5.71. The van der Waals surface area contributed by atoms with Crippen molar-refractivity contribution in [3.63, 3.8) is 0 Å². The van der Waals surface area contributed by atoms with Crippen molar-refractivity contribution in [1.29, 1.82) is 0 Å². The van der Waals surface area contributed by atoms with E-state index in [0.717, 1.165) is 11.8 Å². The first kappa shape index (κ1) is 13.9. The SMILES string of the molecule is CCNc1ncc([N+](=O)[O-])c(-c2cc(C)ccc2F)n1. The summed E-state index contributed by atoms with van der Waals surface area (Å²) in [6.45, 7) is 4.19. The molecule has 6 nitrogen and oxygen atoms in total. The molecule has 2 rings (SSSR count). The Morgan fingerprint density at radius 2 is 2.20 bits per heavy atom. The number of nitrogens with zero attached hydrogens (tertiary/aromatic N) is 3. The van der Waals surface area contributed by atoms with Crippen LogP contribution in [0.4, 0.5) is 16.0 Å². The molecule has 1 aromatic heterocycles. The third-order valence-corrected chi connectivity index (χ3v) is 2.68. The van der Waals surface area contributed by atoms with Gasteiger partial charge in [-0.3, -0.25) is 10.1 Å². The van der Waals surface area contributed by atoms with Gasteiger partial charge in [-0.25, -0.2) is 14.4 Å². The number of anilines is 1. The Balaban J connectivity index is 2.65. The Labute approximate surface area is 114 Å². The summed E-state index contributed by atoms with van der Waals surface area (Å²) in [5.74, 6) is -0.325. The van der Waals surface area contributed by atoms with E-state index in [1.54, 1.807) is 13.0 Å². The molecule has 2 aromatic rings. The molecule has 0 saturated carbocycles. The highest BCUT2D eigenvalue weighted by Crippen LogP contribution is 2.30. The van der Waals surface area contributed by atoms with Gasteiger partial charge in [-0.1, -0.05) is 11.6 Å². The van der Waals surface area contributed by atoms with Crippen LogP contribution in [0.25, 0.3) is 11.3 Å². The lowest BCUT2D eigenvalue weighted by molar-refractivity contribution is -0.384. The summed E-state index contributed by atoms with van der Waals surface area (Å²) < 4.78 is 13.9. The standard InChI is InChI=1S/C13H13FN4O2/c1-3-15-13-16-7-11(18(19)20)12(17-13)9-6-8(2)4-5-10(9)14/h4-7H,3H2,1-2H3,(H,15,16,17). The van der Waals surface area contributed by atoms with Crippen LogP contribution in [-0.4, -0.2) is 21.4 Å². The number of rotatable bonds is 4. The second-order valence-corrected chi connectivity index (χ2v) is 4.20. The lowest BCUT2D eigenvalue weighted by Gasteiger charge is -2.07. The van der Waals surface area contributed by atoms with Gasteiger partial charge in [0.2, 0.25) is 5.95 Å². The molecule has 1 heterocycles. The summed E-state index contributed by atoms with van der Waals surface area (Å²) in [6, 6.07) is 4.39. The molecule has 0 amide bonds. The fourth-order valence-corrected chi connectivity index (χ4v) is 1.77. The molecule has 0 saturated heterocycles. The molecule has 20 heavy (non-hydrogen) atoms. The van der Waals surface area contributed by atoms with Crippen LogP contribution in [0.5, 0.6) is 0 Å². The molecule has 0 spiro atoms. The Hall–Kier alpha value is -2.57. The van der Waals surface area contributed by atoms with E-state index in [2.05, 4.69) is 15.3 Å². The maximum atomic E-state index is 13.9. The first-order chi connectivity index (χ1) is 9.52. The molecule has 0 radical (unpaired) electrons. The van der Waals surface area contributed by atoms with E-state index in [1.807, 2.05) is 6.92 Å². The van der Waals surface area contributed by atoms with Gasteiger partial charge in [0.1, 0.15) is 12.0 Å². The fourth-order valence-electron chi connectivity index (χ4n) is 1.77. The minimum absolute atomic E-state index is 0.0258. The van der Waals surface area contributed by atoms with Crippen molar-refractivity contribution in [3.05, 3.63) is 45.9 Å². The van der Waals surface area contributed by atoms with Crippen LogP contribution >= 0.6 is 0 Å². The minimum atomic E-state index is -0.618. The molecule has 0 aliphatic rings. The van der Waals surface area contributed by atoms with Gasteiger partial charge < -0.3 is 5.32 Å². The average Bonchev–Trinajstić information content (AvgIpc) is 2.41. The van der Waals surface area contributed by atoms with Gasteiger partial charge in [0.15, 0.2) is 5.69 Å². The second kappa shape index (κ2) is 5.60. The minimum Gasteiger partial charge on any atom is -0.354 e. The number of aryl methyl sites for hydroxylation is 1. The van der Waals surface area contributed by atoms with Crippen molar-refractivity contribution in [2.75, 3.05) is 11.9 Å². The summed E-state index contributed by atoms with van der Waals surface area (Å²) in [7, 11) is 0. The first-order valence-corrected chi connectivity index (χ1v) is 6.04. The number of nitrogens with one attached hydrogen (secondary N) is 1. The molecule has 104 valence electrons. The number of benzene rings is 1. The largest absolute Gasteiger partial charge is 0.354 e. The normalized spacial score (nSPS) is 10.3.